The van der Waals surface area contributed by atoms with E-state index in [0.29, 0.717) is 17.8 Å². The third-order valence-corrected chi connectivity index (χ3v) is 8.94. The number of nitrogens with zero attached hydrogens (tertiary/aromatic N) is 3. The lowest BCUT2D eigenvalue weighted by Gasteiger charge is -2.39. The number of carboxylic acids is 1. The number of piperidine rings is 1. The molecule has 238 valence electrons. The first-order chi connectivity index (χ1) is 19.8. The Labute approximate surface area is 254 Å². The second-order valence-electron chi connectivity index (χ2n) is 12.1. The van der Waals surface area contributed by atoms with Crippen LogP contribution in [-0.2, 0) is 23.9 Å². The lowest BCUT2D eigenvalue weighted by molar-refractivity contribution is -0.160. The molecule has 2 N–H and O–H groups in total. The van der Waals surface area contributed by atoms with Gasteiger partial charge in [0.1, 0.15) is 17.2 Å². The zero-order valence-electron chi connectivity index (χ0n) is 26.4. The molecular formula is C30H50N4O7S. The first-order valence-electron chi connectivity index (χ1n) is 15.0. The highest BCUT2D eigenvalue weighted by Gasteiger charge is 2.38. The van der Waals surface area contributed by atoms with Gasteiger partial charge in [0.2, 0.25) is 11.8 Å². The summed E-state index contributed by atoms with van der Waals surface area (Å²) in [5.41, 5.74) is -0.0686. The predicted octanol–water partition coefficient (Wildman–Crippen LogP) is 4.33. The van der Waals surface area contributed by atoms with Crippen molar-refractivity contribution >= 4 is 35.1 Å². The minimum atomic E-state index is -1.13. The molecule has 0 bridgehead atoms. The number of aromatic nitrogens is 1. The number of carbonyl (C=O) groups excluding carboxylic acids is 3. The van der Waals surface area contributed by atoms with E-state index >= 15 is 0 Å². The molecule has 11 nitrogen and oxygen atoms in total. The number of likely N-dealkylation sites (tertiary alicyclic amines) is 1. The van der Waals surface area contributed by atoms with Crippen LogP contribution in [0, 0.1) is 17.8 Å². The van der Waals surface area contributed by atoms with Crippen molar-refractivity contribution in [2.75, 3.05) is 27.4 Å². The van der Waals surface area contributed by atoms with Gasteiger partial charge in [0.05, 0.1) is 6.04 Å². The number of rotatable bonds is 16. The second kappa shape index (κ2) is 16.9. The zero-order valence-corrected chi connectivity index (χ0v) is 27.2. The lowest BCUT2D eigenvalue weighted by Crippen LogP contribution is -2.59. The van der Waals surface area contributed by atoms with Crippen molar-refractivity contribution < 1.29 is 33.8 Å². The maximum absolute atomic E-state index is 14.4. The number of methoxy groups -OCH3 is 1. The summed E-state index contributed by atoms with van der Waals surface area (Å²) in [6.45, 7) is 12.2. The van der Waals surface area contributed by atoms with E-state index in [0.717, 1.165) is 25.8 Å². The smallest absolute Gasteiger partial charge is 0.355 e. The number of thiazole rings is 1. The van der Waals surface area contributed by atoms with Gasteiger partial charge in [-0.05, 0) is 44.2 Å². The van der Waals surface area contributed by atoms with E-state index in [1.807, 2.05) is 53.5 Å². The lowest BCUT2D eigenvalue weighted by atomic mass is 9.92. The summed E-state index contributed by atoms with van der Waals surface area (Å²) < 4.78 is 11.4. The molecule has 0 aromatic carbocycles. The van der Waals surface area contributed by atoms with Crippen molar-refractivity contribution in [3.05, 3.63) is 16.1 Å². The van der Waals surface area contributed by atoms with Crippen LogP contribution in [0.4, 0.5) is 0 Å². The number of ether oxygens (including phenoxy) is 2. The standard InChI is InChI=1S/C30H50N4O7S/c1-9-20(6)26(32-27(36)22-12-10-11-13-33(22)7)29(37)34(17-41-25(35)14-18(2)3)23(19(4)5)15-24(40-8)28-31-21(16-42-28)30(38)39/h16,18-20,22-24,26H,9-15,17H2,1-8H3,(H,32,36)(H,38,39)/t20-,22+,23+,24+,26-/m0/s1. The number of carbonyl (C=O) groups is 4. The van der Waals surface area contributed by atoms with Gasteiger partial charge in [-0.25, -0.2) is 9.78 Å². The molecule has 1 fully saturated rings. The van der Waals surface area contributed by atoms with Crippen LogP contribution in [0.2, 0.25) is 0 Å². The highest BCUT2D eigenvalue weighted by molar-refractivity contribution is 7.09. The number of carboxylic acid groups (broad SMARTS) is 1. The Kier molecular flexibility index (Phi) is 14.3. The van der Waals surface area contributed by atoms with Gasteiger partial charge in [0.15, 0.2) is 12.4 Å². The number of aromatic carboxylic acids is 1. The summed E-state index contributed by atoms with van der Waals surface area (Å²) in [6, 6.07) is -1.59. The molecule has 1 aromatic heterocycles. The third kappa shape index (κ3) is 10.0. The number of hydrogen-bond acceptors (Lipinski definition) is 9. The Bertz CT molecular complexity index is 1050. The summed E-state index contributed by atoms with van der Waals surface area (Å²) in [5, 5.41) is 14.4. The van der Waals surface area contributed by atoms with Gasteiger partial charge in [-0.1, -0.05) is 54.4 Å². The summed E-state index contributed by atoms with van der Waals surface area (Å²) in [6.07, 6.45) is 3.29. The van der Waals surface area contributed by atoms with Crippen molar-refractivity contribution in [3.8, 4) is 0 Å². The Morgan fingerprint density at radius 3 is 2.40 bits per heavy atom. The summed E-state index contributed by atoms with van der Waals surface area (Å²) in [5.74, 6) is -2.21. The Morgan fingerprint density at radius 1 is 1.19 bits per heavy atom. The Morgan fingerprint density at radius 2 is 1.88 bits per heavy atom. The molecule has 1 aromatic rings. The molecule has 2 amide bonds. The van der Waals surface area contributed by atoms with E-state index in [1.54, 1.807) is 4.90 Å². The summed E-state index contributed by atoms with van der Waals surface area (Å²) >= 11 is 1.18. The van der Waals surface area contributed by atoms with Gasteiger partial charge >= 0.3 is 11.9 Å². The molecule has 0 saturated carbocycles. The minimum absolute atomic E-state index is 0.0686. The predicted molar refractivity (Wildman–Crippen MR) is 161 cm³/mol. The average Bonchev–Trinajstić information content (AvgIpc) is 3.43. The van der Waals surface area contributed by atoms with E-state index < -0.39 is 30.1 Å². The topological polar surface area (TPSA) is 138 Å². The molecule has 1 saturated heterocycles. The third-order valence-electron chi connectivity index (χ3n) is 8.00. The molecule has 12 heteroatoms. The highest BCUT2D eigenvalue weighted by atomic mass is 32.1. The molecule has 1 aliphatic heterocycles. The molecule has 2 rings (SSSR count). The molecule has 0 spiro atoms. The van der Waals surface area contributed by atoms with E-state index in [9.17, 15) is 24.3 Å². The van der Waals surface area contributed by atoms with Crippen LogP contribution in [0.3, 0.4) is 0 Å². The fourth-order valence-corrected chi connectivity index (χ4v) is 6.07. The van der Waals surface area contributed by atoms with Crippen molar-refractivity contribution in [1.82, 2.24) is 20.1 Å². The molecule has 42 heavy (non-hydrogen) atoms. The first kappa shape index (κ1) is 35.6. The fourth-order valence-electron chi connectivity index (χ4n) is 5.18. The van der Waals surface area contributed by atoms with Crippen molar-refractivity contribution in [3.63, 3.8) is 0 Å². The van der Waals surface area contributed by atoms with Crippen LogP contribution in [0.1, 0.15) is 102 Å². The van der Waals surface area contributed by atoms with Crippen LogP contribution in [0.15, 0.2) is 5.38 Å². The Balaban J connectivity index is 2.42. The van der Waals surface area contributed by atoms with E-state index in [2.05, 4.69) is 10.3 Å². The second-order valence-corrected chi connectivity index (χ2v) is 13.0. The van der Waals surface area contributed by atoms with Gasteiger partial charge < -0.3 is 24.8 Å². The molecule has 2 heterocycles. The number of likely N-dealkylation sites (N-methyl/N-ethyl adjacent to an activating group) is 1. The minimum Gasteiger partial charge on any atom is -0.476 e. The maximum Gasteiger partial charge on any atom is 0.355 e. The van der Waals surface area contributed by atoms with Crippen molar-refractivity contribution in [1.29, 1.82) is 0 Å². The molecule has 0 unspecified atom stereocenters. The van der Waals surface area contributed by atoms with Crippen LogP contribution < -0.4 is 5.32 Å². The molecular weight excluding hydrogens is 560 g/mol. The number of hydrogen-bond donors (Lipinski definition) is 2. The van der Waals surface area contributed by atoms with Crippen molar-refractivity contribution in [2.24, 2.45) is 17.8 Å². The van der Waals surface area contributed by atoms with E-state index in [1.165, 1.54) is 23.8 Å². The number of nitrogens with one attached hydrogen (secondary N) is 1. The van der Waals surface area contributed by atoms with E-state index in [-0.39, 0.29) is 54.5 Å². The fraction of sp³-hybridized carbons (Fsp3) is 0.767. The first-order valence-corrected chi connectivity index (χ1v) is 15.9. The van der Waals surface area contributed by atoms with Crippen LogP contribution in [0.25, 0.3) is 0 Å². The molecule has 1 aliphatic rings. The summed E-state index contributed by atoms with van der Waals surface area (Å²) in [7, 11) is 3.44. The van der Waals surface area contributed by atoms with Crippen LogP contribution in [0.5, 0.6) is 0 Å². The quantitative estimate of drug-likeness (QED) is 0.207. The number of amides is 2. The van der Waals surface area contributed by atoms with Gasteiger partial charge in [-0.15, -0.1) is 11.3 Å². The zero-order chi connectivity index (χ0) is 31.6. The van der Waals surface area contributed by atoms with Gasteiger partial charge in [0.25, 0.3) is 0 Å². The molecule has 0 radical (unpaired) electrons. The van der Waals surface area contributed by atoms with Crippen LogP contribution in [-0.4, -0.2) is 89.2 Å². The number of esters is 1. The monoisotopic (exact) mass is 610 g/mol. The van der Waals surface area contributed by atoms with Gasteiger partial charge in [-0.3, -0.25) is 19.3 Å². The SMILES string of the molecule is CC[C@H](C)[C@H](NC(=O)[C@H]1CCCCN1C)C(=O)N(COC(=O)CC(C)C)[C@H](C[C@@H](OC)c1nc(C(=O)O)cs1)C(C)C. The molecule has 0 aliphatic carbocycles. The summed E-state index contributed by atoms with van der Waals surface area (Å²) in [4.78, 5) is 59.7. The van der Waals surface area contributed by atoms with Gasteiger partial charge in [-0.2, -0.15) is 0 Å². The van der Waals surface area contributed by atoms with Crippen LogP contribution >= 0.6 is 11.3 Å². The molecule has 5 atom stereocenters. The Hall–Kier alpha value is -2.57. The van der Waals surface area contributed by atoms with Gasteiger partial charge in [0, 0.05) is 31.4 Å². The highest BCUT2D eigenvalue weighted by Crippen LogP contribution is 2.31. The normalized spacial score (nSPS) is 18.8. The largest absolute Gasteiger partial charge is 0.476 e. The van der Waals surface area contributed by atoms with Crippen molar-refractivity contribution in [2.45, 2.75) is 104 Å². The average molecular weight is 611 g/mol. The van der Waals surface area contributed by atoms with E-state index in [4.69, 9.17) is 9.47 Å². The maximum atomic E-state index is 14.4.